The minimum Gasteiger partial charge on any atom is -0.385 e. The average Bonchev–Trinajstić information content (AvgIpc) is 2.55. The summed E-state index contributed by atoms with van der Waals surface area (Å²) in [5.41, 5.74) is 5.23. The molecule has 0 saturated heterocycles. The zero-order chi connectivity index (χ0) is 14.7. The Kier molecular flexibility index (Phi) is 4.05. The molecule has 108 valence electrons. The summed E-state index contributed by atoms with van der Waals surface area (Å²) in [4.78, 5) is 12.8. The van der Waals surface area contributed by atoms with Crippen LogP contribution in [0.3, 0.4) is 0 Å². The van der Waals surface area contributed by atoms with E-state index in [1.807, 2.05) is 24.3 Å². The third-order valence-electron chi connectivity index (χ3n) is 4.09. The lowest BCUT2D eigenvalue weighted by atomic mass is 9.92. The monoisotopic (exact) mass is 279 g/mol. The Bertz CT molecular complexity index is 643. The molecule has 1 aliphatic heterocycles. The van der Waals surface area contributed by atoms with Crippen LogP contribution in [0.1, 0.15) is 46.8 Å². The van der Waals surface area contributed by atoms with E-state index < -0.39 is 0 Å². The zero-order valence-electron chi connectivity index (χ0n) is 12.5. The number of fused-ring (bicyclic) bond motifs is 1. The molecule has 2 aromatic rings. The summed E-state index contributed by atoms with van der Waals surface area (Å²) < 4.78 is 0. The van der Waals surface area contributed by atoms with Crippen molar-refractivity contribution in [3.8, 4) is 0 Å². The first-order chi connectivity index (χ1) is 10.3. The van der Waals surface area contributed by atoms with Crippen molar-refractivity contribution in [2.75, 3.05) is 11.9 Å². The van der Waals surface area contributed by atoms with E-state index in [2.05, 4.69) is 30.4 Å². The van der Waals surface area contributed by atoms with Crippen LogP contribution in [0.15, 0.2) is 42.5 Å². The molecular formula is C19H21NO. The summed E-state index contributed by atoms with van der Waals surface area (Å²) in [5.74, 6) is 0.138. The molecule has 0 atom stereocenters. The van der Waals surface area contributed by atoms with Crippen molar-refractivity contribution >= 4 is 11.5 Å². The molecule has 1 N–H and O–H groups in total. The number of ketones is 1. The molecule has 2 aromatic carbocycles. The molecule has 0 fully saturated rings. The Morgan fingerprint density at radius 3 is 2.71 bits per heavy atom. The number of carbonyl (C=O) groups is 1. The summed E-state index contributed by atoms with van der Waals surface area (Å²) in [6.45, 7) is 3.17. The second-order valence-electron chi connectivity index (χ2n) is 5.64. The summed E-state index contributed by atoms with van der Waals surface area (Å²) in [6.07, 6.45) is 4.27. The van der Waals surface area contributed by atoms with Crippen molar-refractivity contribution in [3.63, 3.8) is 0 Å². The van der Waals surface area contributed by atoms with Gasteiger partial charge in [-0.1, -0.05) is 49.7 Å². The van der Waals surface area contributed by atoms with Gasteiger partial charge in [-0.3, -0.25) is 4.79 Å². The third-order valence-corrected chi connectivity index (χ3v) is 4.09. The number of anilines is 1. The first-order valence-corrected chi connectivity index (χ1v) is 7.79. The molecule has 0 bridgehead atoms. The number of rotatable bonds is 4. The van der Waals surface area contributed by atoms with Gasteiger partial charge in [-0.2, -0.15) is 0 Å². The van der Waals surface area contributed by atoms with Gasteiger partial charge in [-0.25, -0.2) is 0 Å². The number of carbonyl (C=O) groups excluding carboxylic acids is 1. The molecule has 0 amide bonds. The Hall–Kier alpha value is -2.09. The highest BCUT2D eigenvalue weighted by molar-refractivity contribution is 6.10. The molecule has 3 rings (SSSR count). The van der Waals surface area contributed by atoms with E-state index >= 15 is 0 Å². The van der Waals surface area contributed by atoms with Crippen LogP contribution >= 0.6 is 0 Å². The maximum Gasteiger partial charge on any atom is 0.193 e. The summed E-state index contributed by atoms with van der Waals surface area (Å²) in [7, 11) is 0. The molecule has 0 radical (unpaired) electrons. The fourth-order valence-corrected chi connectivity index (χ4v) is 2.99. The fourth-order valence-electron chi connectivity index (χ4n) is 2.99. The van der Waals surface area contributed by atoms with Gasteiger partial charge in [-0.15, -0.1) is 0 Å². The quantitative estimate of drug-likeness (QED) is 0.849. The first kappa shape index (κ1) is 13.9. The molecule has 1 aliphatic rings. The van der Waals surface area contributed by atoms with E-state index in [4.69, 9.17) is 0 Å². The van der Waals surface area contributed by atoms with Crippen LogP contribution in [0.25, 0.3) is 0 Å². The Balaban J connectivity index is 1.91. The molecular weight excluding hydrogens is 258 g/mol. The topological polar surface area (TPSA) is 29.1 Å². The lowest BCUT2D eigenvalue weighted by Crippen LogP contribution is -2.16. The minimum atomic E-state index is 0.138. The molecule has 2 heteroatoms. The van der Waals surface area contributed by atoms with Crippen molar-refractivity contribution in [2.24, 2.45) is 0 Å². The van der Waals surface area contributed by atoms with Crippen molar-refractivity contribution < 1.29 is 4.79 Å². The Labute approximate surface area is 126 Å². The van der Waals surface area contributed by atoms with Gasteiger partial charge in [0.2, 0.25) is 0 Å². The number of aryl methyl sites for hydroxylation is 1. The highest BCUT2D eigenvalue weighted by atomic mass is 16.1. The lowest BCUT2D eigenvalue weighted by molar-refractivity contribution is 0.103. The van der Waals surface area contributed by atoms with Crippen molar-refractivity contribution in [1.29, 1.82) is 0 Å². The van der Waals surface area contributed by atoms with Crippen molar-refractivity contribution in [3.05, 3.63) is 64.7 Å². The minimum absolute atomic E-state index is 0.138. The maximum absolute atomic E-state index is 12.8. The van der Waals surface area contributed by atoms with Crippen LogP contribution < -0.4 is 5.32 Å². The molecule has 0 aromatic heterocycles. The largest absolute Gasteiger partial charge is 0.385 e. The summed E-state index contributed by atoms with van der Waals surface area (Å²) in [6, 6.07) is 14.1. The summed E-state index contributed by atoms with van der Waals surface area (Å²) >= 11 is 0. The molecule has 0 unspecified atom stereocenters. The molecule has 2 nitrogen and oxygen atoms in total. The van der Waals surface area contributed by atoms with Gasteiger partial charge in [0.05, 0.1) is 0 Å². The molecule has 21 heavy (non-hydrogen) atoms. The zero-order valence-corrected chi connectivity index (χ0v) is 12.5. The molecule has 0 saturated carbocycles. The highest BCUT2D eigenvalue weighted by Gasteiger charge is 2.18. The number of benzene rings is 2. The van der Waals surface area contributed by atoms with Crippen LogP contribution in [-0.2, 0) is 12.8 Å². The molecule has 0 aliphatic carbocycles. The van der Waals surface area contributed by atoms with E-state index in [-0.39, 0.29) is 5.78 Å². The van der Waals surface area contributed by atoms with E-state index in [9.17, 15) is 4.79 Å². The summed E-state index contributed by atoms with van der Waals surface area (Å²) in [5, 5.41) is 3.38. The number of hydrogen-bond acceptors (Lipinski definition) is 2. The van der Waals surface area contributed by atoms with Crippen molar-refractivity contribution in [2.45, 2.75) is 32.6 Å². The third kappa shape index (κ3) is 2.85. The van der Waals surface area contributed by atoms with E-state index in [0.717, 1.165) is 49.0 Å². The van der Waals surface area contributed by atoms with Gasteiger partial charge in [0.1, 0.15) is 0 Å². The Morgan fingerprint density at radius 1 is 1.14 bits per heavy atom. The highest BCUT2D eigenvalue weighted by Crippen LogP contribution is 2.27. The lowest BCUT2D eigenvalue weighted by Gasteiger charge is -2.20. The van der Waals surface area contributed by atoms with Crippen LogP contribution in [-0.4, -0.2) is 12.3 Å². The van der Waals surface area contributed by atoms with Crippen LogP contribution in [0.4, 0.5) is 5.69 Å². The maximum atomic E-state index is 12.8. The normalized spacial score (nSPS) is 13.4. The number of nitrogens with one attached hydrogen (secondary N) is 1. The van der Waals surface area contributed by atoms with Gasteiger partial charge in [0.15, 0.2) is 5.78 Å². The molecule has 0 spiro atoms. The van der Waals surface area contributed by atoms with Crippen LogP contribution in [0, 0.1) is 0 Å². The second kappa shape index (κ2) is 6.13. The van der Waals surface area contributed by atoms with Crippen LogP contribution in [0.5, 0.6) is 0 Å². The predicted octanol–water partition coefficient (Wildman–Crippen LogP) is 4.23. The number of hydrogen-bond donors (Lipinski definition) is 1. The smallest absolute Gasteiger partial charge is 0.193 e. The van der Waals surface area contributed by atoms with Gasteiger partial charge < -0.3 is 5.32 Å². The van der Waals surface area contributed by atoms with E-state index in [0.29, 0.717) is 0 Å². The fraction of sp³-hybridized carbons (Fsp3) is 0.316. The predicted molar refractivity (Wildman–Crippen MR) is 87.1 cm³/mol. The van der Waals surface area contributed by atoms with Gasteiger partial charge in [0.25, 0.3) is 0 Å². The van der Waals surface area contributed by atoms with E-state index in [1.165, 1.54) is 11.1 Å². The van der Waals surface area contributed by atoms with Crippen molar-refractivity contribution in [1.82, 2.24) is 0 Å². The Morgan fingerprint density at radius 2 is 1.95 bits per heavy atom. The SMILES string of the molecule is CCCc1ccc(C(=O)c2cccc3c2CCCN3)cc1. The van der Waals surface area contributed by atoms with E-state index in [1.54, 1.807) is 0 Å². The van der Waals surface area contributed by atoms with Gasteiger partial charge in [-0.05, 0) is 36.5 Å². The average molecular weight is 279 g/mol. The van der Waals surface area contributed by atoms with Gasteiger partial charge >= 0.3 is 0 Å². The standard InChI is InChI=1S/C19H21NO/c1-2-5-14-9-11-15(12-10-14)19(21)17-6-3-8-18-16(17)7-4-13-20-18/h3,6,8-12,20H,2,4-5,7,13H2,1H3. The van der Waals surface area contributed by atoms with Crippen LogP contribution in [0.2, 0.25) is 0 Å². The van der Waals surface area contributed by atoms with Gasteiger partial charge in [0, 0.05) is 23.4 Å². The molecule has 1 heterocycles. The second-order valence-corrected chi connectivity index (χ2v) is 5.64. The first-order valence-electron chi connectivity index (χ1n) is 7.79.